The molecule has 0 aliphatic rings. The van der Waals surface area contributed by atoms with Crippen molar-refractivity contribution in [1.82, 2.24) is 0 Å². The number of carbonyl (C=O) groups excluding carboxylic acids is 1. The molecule has 0 amide bonds. The molecule has 0 bridgehead atoms. The average Bonchev–Trinajstić information content (AvgIpc) is 2.20. The fraction of sp³-hybridized carbons (Fsp3) is 0.900. The number of aliphatic hydroxyl groups excluding tert-OH is 1. The minimum Gasteiger partial charge on any atom is -0.394 e. The Kier molecular flexibility index (Phi) is 11.2. The minimum absolute atomic E-state index is 0.0359. The number of hydrogen-bond acceptors (Lipinski definition) is 5. The van der Waals surface area contributed by atoms with Crippen molar-refractivity contribution >= 4 is 5.78 Å². The van der Waals surface area contributed by atoms with E-state index in [-0.39, 0.29) is 12.4 Å². The second kappa shape index (κ2) is 11.6. The van der Waals surface area contributed by atoms with Crippen LogP contribution in [0.3, 0.4) is 0 Å². The zero-order valence-corrected chi connectivity index (χ0v) is 9.24. The Labute approximate surface area is 90.3 Å². The van der Waals surface area contributed by atoms with E-state index >= 15 is 0 Å². The van der Waals surface area contributed by atoms with E-state index < -0.39 is 0 Å². The maximum Gasteiger partial charge on any atom is 0.132 e. The fourth-order valence-corrected chi connectivity index (χ4v) is 0.822. The lowest BCUT2D eigenvalue weighted by Gasteiger charge is -2.05. The zero-order valence-electron chi connectivity index (χ0n) is 9.24. The molecular weight excluding hydrogens is 200 g/mol. The normalized spacial score (nSPS) is 10.5. The summed E-state index contributed by atoms with van der Waals surface area (Å²) in [5, 5.41) is 8.40. The van der Waals surface area contributed by atoms with E-state index in [4.69, 9.17) is 19.3 Å². The van der Waals surface area contributed by atoms with Crippen LogP contribution in [0.5, 0.6) is 0 Å². The van der Waals surface area contributed by atoms with Crippen LogP contribution < -0.4 is 0 Å². The Morgan fingerprint density at radius 1 is 0.933 bits per heavy atom. The van der Waals surface area contributed by atoms with Gasteiger partial charge in [0, 0.05) is 6.42 Å². The van der Waals surface area contributed by atoms with Crippen LogP contribution in [0.1, 0.15) is 13.3 Å². The third kappa shape index (κ3) is 13.5. The van der Waals surface area contributed by atoms with Gasteiger partial charge in [-0.1, -0.05) is 0 Å². The van der Waals surface area contributed by atoms with E-state index in [2.05, 4.69) is 0 Å². The molecule has 0 aliphatic carbocycles. The molecule has 0 unspecified atom stereocenters. The monoisotopic (exact) mass is 220 g/mol. The van der Waals surface area contributed by atoms with Gasteiger partial charge >= 0.3 is 0 Å². The molecule has 0 rings (SSSR count). The standard InChI is InChI=1S/C10H20O5/c1-10(12)2-4-13-6-8-15-9-7-14-5-3-11/h11H,2-9H2,1H3. The molecule has 0 aromatic carbocycles. The van der Waals surface area contributed by atoms with Crippen molar-refractivity contribution < 1.29 is 24.1 Å². The van der Waals surface area contributed by atoms with Crippen LogP contribution in [-0.4, -0.2) is 57.1 Å². The van der Waals surface area contributed by atoms with Gasteiger partial charge in [-0.15, -0.1) is 0 Å². The number of aliphatic hydroxyl groups is 1. The van der Waals surface area contributed by atoms with Crippen LogP contribution in [0.15, 0.2) is 0 Å². The van der Waals surface area contributed by atoms with Gasteiger partial charge < -0.3 is 19.3 Å². The van der Waals surface area contributed by atoms with Crippen molar-refractivity contribution in [2.75, 3.05) is 46.2 Å². The summed E-state index contributed by atoms with van der Waals surface area (Å²) in [6.07, 6.45) is 0.458. The Morgan fingerprint density at radius 2 is 1.40 bits per heavy atom. The number of rotatable bonds is 11. The number of ether oxygens (including phenoxy) is 3. The van der Waals surface area contributed by atoms with Crippen molar-refractivity contribution in [3.8, 4) is 0 Å². The molecule has 0 spiro atoms. The SMILES string of the molecule is CC(=O)CCOCCOCCOCCO. The Bertz CT molecular complexity index is 149. The Balaban J connectivity index is 2.89. The first-order chi connectivity index (χ1) is 7.27. The molecule has 0 radical (unpaired) electrons. The van der Waals surface area contributed by atoms with Crippen molar-refractivity contribution in [3.63, 3.8) is 0 Å². The smallest absolute Gasteiger partial charge is 0.132 e. The van der Waals surface area contributed by atoms with Crippen LogP contribution in [0.4, 0.5) is 0 Å². The highest BCUT2D eigenvalue weighted by molar-refractivity contribution is 5.75. The van der Waals surface area contributed by atoms with E-state index in [1.807, 2.05) is 0 Å². The van der Waals surface area contributed by atoms with Crippen LogP contribution >= 0.6 is 0 Å². The first kappa shape index (κ1) is 14.5. The summed E-state index contributed by atoms with van der Waals surface area (Å²) < 4.78 is 15.3. The summed E-state index contributed by atoms with van der Waals surface area (Å²) in [5.41, 5.74) is 0. The van der Waals surface area contributed by atoms with Crippen LogP contribution in [0.25, 0.3) is 0 Å². The second-order valence-corrected chi connectivity index (χ2v) is 3.01. The summed E-state index contributed by atoms with van der Waals surface area (Å²) in [7, 11) is 0. The van der Waals surface area contributed by atoms with Gasteiger partial charge in [0.05, 0.1) is 46.2 Å². The number of ketones is 1. The lowest BCUT2D eigenvalue weighted by molar-refractivity contribution is -0.118. The molecule has 1 N–H and O–H groups in total. The molecule has 0 saturated carbocycles. The number of hydrogen-bond donors (Lipinski definition) is 1. The lowest BCUT2D eigenvalue weighted by Crippen LogP contribution is -2.11. The van der Waals surface area contributed by atoms with Crippen molar-refractivity contribution in [1.29, 1.82) is 0 Å². The van der Waals surface area contributed by atoms with Crippen LogP contribution in [-0.2, 0) is 19.0 Å². The van der Waals surface area contributed by atoms with Gasteiger partial charge in [0.15, 0.2) is 0 Å². The first-order valence-electron chi connectivity index (χ1n) is 5.11. The topological polar surface area (TPSA) is 65.0 Å². The lowest BCUT2D eigenvalue weighted by atomic mass is 10.3. The molecule has 5 nitrogen and oxygen atoms in total. The highest BCUT2D eigenvalue weighted by Crippen LogP contribution is 1.85. The van der Waals surface area contributed by atoms with Gasteiger partial charge in [-0.2, -0.15) is 0 Å². The summed E-state index contributed by atoms with van der Waals surface area (Å²) in [6, 6.07) is 0. The van der Waals surface area contributed by atoms with E-state index in [1.54, 1.807) is 6.92 Å². The quantitative estimate of drug-likeness (QED) is 0.497. The predicted octanol–water partition coefficient (Wildman–Crippen LogP) is 0.00760. The summed E-state index contributed by atoms with van der Waals surface area (Å²) in [4.78, 5) is 10.5. The molecule has 0 saturated heterocycles. The summed E-state index contributed by atoms with van der Waals surface area (Å²) in [5.74, 6) is 0.133. The zero-order chi connectivity index (χ0) is 11.4. The molecule has 5 heteroatoms. The summed E-state index contributed by atoms with van der Waals surface area (Å²) in [6.45, 7) is 4.35. The van der Waals surface area contributed by atoms with Crippen molar-refractivity contribution in [3.05, 3.63) is 0 Å². The number of Topliss-reactive ketones (excluding diaryl/α,β-unsaturated/α-hetero) is 1. The third-order valence-electron chi connectivity index (χ3n) is 1.58. The largest absolute Gasteiger partial charge is 0.394 e. The Hall–Kier alpha value is -0.490. The van der Waals surface area contributed by atoms with Gasteiger partial charge in [0.1, 0.15) is 5.78 Å². The maximum absolute atomic E-state index is 10.5. The van der Waals surface area contributed by atoms with Crippen molar-refractivity contribution in [2.24, 2.45) is 0 Å². The molecule has 0 aromatic heterocycles. The molecule has 90 valence electrons. The van der Waals surface area contributed by atoms with Crippen LogP contribution in [0.2, 0.25) is 0 Å². The van der Waals surface area contributed by atoms with Gasteiger partial charge in [0.2, 0.25) is 0 Å². The first-order valence-corrected chi connectivity index (χ1v) is 5.11. The van der Waals surface area contributed by atoms with E-state index in [0.29, 0.717) is 46.1 Å². The molecule has 0 heterocycles. The molecular formula is C10H20O5. The summed E-state index contributed by atoms with van der Waals surface area (Å²) >= 11 is 0. The molecule has 15 heavy (non-hydrogen) atoms. The maximum atomic E-state index is 10.5. The highest BCUT2D eigenvalue weighted by atomic mass is 16.5. The van der Waals surface area contributed by atoms with E-state index in [1.165, 1.54) is 0 Å². The van der Waals surface area contributed by atoms with Gasteiger partial charge in [-0.3, -0.25) is 4.79 Å². The highest BCUT2D eigenvalue weighted by Gasteiger charge is 1.93. The third-order valence-corrected chi connectivity index (χ3v) is 1.58. The van der Waals surface area contributed by atoms with E-state index in [0.717, 1.165) is 0 Å². The van der Waals surface area contributed by atoms with E-state index in [9.17, 15) is 4.79 Å². The predicted molar refractivity (Wildman–Crippen MR) is 54.8 cm³/mol. The van der Waals surface area contributed by atoms with Gasteiger partial charge in [-0.05, 0) is 6.92 Å². The minimum atomic E-state index is 0.0359. The number of carbonyl (C=O) groups is 1. The Morgan fingerprint density at radius 3 is 1.87 bits per heavy atom. The average molecular weight is 220 g/mol. The van der Waals surface area contributed by atoms with Gasteiger partial charge in [0.25, 0.3) is 0 Å². The molecule has 0 atom stereocenters. The molecule has 0 aromatic rings. The van der Waals surface area contributed by atoms with Gasteiger partial charge in [-0.25, -0.2) is 0 Å². The van der Waals surface area contributed by atoms with Crippen LogP contribution in [0, 0.1) is 0 Å². The molecule has 0 fully saturated rings. The second-order valence-electron chi connectivity index (χ2n) is 3.01. The fourth-order valence-electron chi connectivity index (χ4n) is 0.822. The van der Waals surface area contributed by atoms with Crippen molar-refractivity contribution in [2.45, 2.75) is 13.3 Å². The molecule has 0 aliphatic heterocycles.